The minimum absolute atomic E-state index is 0.487. The molecule has 0 aromatic heterocycles. The molecular formula is C22H21OPS. The first kappa shape index (κ1) is 16.8. The second-order valence-corrected chi connectivity index (χ2v) is 9.98. The average Bonchev–Trinajstić information content (AvgIpc) is 2.68. The smallest absolute Gasteiger partial charge is 0.167 e. The van der Waals surface area contributed by atoms with E-state index in [2.05, 4.69) is 68.4 Å². The third-order valence-corrected chi connectivity index (χ3v) is 9.22. The highest BCUT2D eigenvalue weighted by molar-refractivity contribution is 7.94. The number of hydrogen-bond donors (Lipinski definition) is 0. The summed E-state index contributed by atoms with van der Waals surface area (Å²) in [6.45, 7) is 4.46. The highest BCUT2D eigenvalue weighted by atomic mass is 32.2. The lowest BCUT2D eigenvalue weighted by atomic mass is 9.98. The zero-order valence-electron chi connectivity index (χ0n) is 14.5. The molecule has 3 heteroatoms. The van der Waals surface area contributed by atoms with Crippen molar-refractivity contribution in [2.45, 2.75) is 30.1 Å². The van der Waals surface area contributed by atoms with Crippen LogP contribution in [0.25, 0.3) is 11.1 Å². The second kappa shape index (κ2) is 6.96. The van der Waals surface area contributed by atoms with Crippen LogP contribution in [-0.4, -0.2) is 10.7 Å². The molecular weight excluding hydrogens is 343 g/mol. The molecule has 0 amide bonds. The molecule has 0 bridgehead atoms. The quantitative estimate of drug-likeness (QED) is 0.481. The monoisotopic (exact) mass is 364 g/mol. The molecule has 3 aromatic carbocycles. The summed E-state index contributed by atoms with van der Waals surface area (Å²) in [5, 5.41) is 2.62. The molecule has 1 nitrogen and oxygen atoms in total. The topological polar surface area (TPSA) is 23.1 Å². The van der Waals surface area contributed by atoms with Gasteiger partial charge >= 0.3 is 0 Å². The molecule has 25 heavy (non-hydrogen) atoms. The van der Waals surface area contributed by atoms with Crippen LogP contribution in [0.1, 0.15) is 19.4 Å². The van der Waals surface area contributed by atoms with Gasteiger partial charge in [-0.05, 0) is 55.4 Å². The SMILES string of the molecule is CCc1ccc2c(c1-c1ccccc1)P(CC)c1ccccc1[S+]2[O-]. The Balaban J connectivity index is 2.05. The van der Waals surface area contributed by atoms with Gasteiger partial charge in [0.2, 0.25) is 0 Å². The Labute approximate surface area is 154 Å². The van der Waals surface area contributed by atoms with Crippen LogP contribution in [0.2, 0.25) is 0 Å². The van der Waals surface area contributed by atoms with E-state index < -0.39 is 19.1 Å². The number of fused-ring (bicyclic) bond motifs is 2. The van der Waals surface area contributed by atoms with Gasteiger partial charge in [-0.15, -0.1) is 0 Å². The lowest BCUT2D eigenvalue weighted by Crippen LogP contribution is -2.31. The second-order valence-electron chi connectivity index (χ2n) is 6.15. The minimum Gasteiger partial charge on any atom is -0.606 e. The van der Waals surface area contributed by atoms with Gasteiger partial charge in [-0.25, -0.2) is 0 Å². The van der Waals surface area contributed by atoms with Crippen LogP contribution in [0.4, 0.5) is 0 Å². The summed E-state index contributed by atoms with van der Waals surface area (Å²) in [5.74, 6) is 0. The largest absolute Gasteiger partial charge is 0.606 e. The van der Waals surface area contributed by atoms with Crippen molar-refractivity contribution in [1.82, 2.24) is 0 Å². The van der Waals surface area contributed by atoms with E-state index in [1.54, 1.807) is 0 Å². The average molecular weight is 364 g/mol. The fourth-order valence-corrected chi connectivity index (χ4v) is 8.37. The summed E-state index contributed by atoms with van der Waals surface area (Å²) in [6.07, 6.45) is 2.06. The highest BCUT2D eigenvalue weighted by Crippen LogP contribution is 2.47. The molecule has 0 saturated heterocycles. The van der Waals surface area contributed by atoms with Crippen molar-refractivity contribution >= 4 is 29.7 Å². The van der Waals surface area contributed by atoms with Gasteiger partial charge in [0.05, 0.1) is 0 Å². The number of benzene rings is 3. The lowest BCUT2D eigenvalue weighted by molar-refractivity contribution is 0.596. The summed E-state index contributed by atoms with van der Waals surface area (Å²) in [7, 11) is -0.487. The van der Waals surface area contributed by atoms with Crippen LogP contribution >= 0.6 is 7.92 Å². The van der Waals surface area contributed by atoms with Gasteiger partial charge in [0.25, 0.3) is 0 Å². The van der Waals surface area contributed by atoms with E-state index in [0.717, 1.165) is 22.4 Å². The Bertz CT molecular complexity index is 907. The van der Waals surface area contributed by atoms with Gasteiger partial charge in [-0.1, -0.05) is 62.4 Å². The van der Waals surface area contributed by atoms with E-state index >= 15 is 0 Å². The molecule has 0 fully saturated rings. The van der Waals surface area contributed by atoms with E-state index in [9.17, 15) is 4.55 Å². The molecule has 0 aliphatic carbocycles. The molecule has 1 aliphatic heterocycles. The molecule has 2 unspecified atom stereocenters. The number of aryl methyl sites for hydroxylation is 1. The Kier molecular flexibility index (Phi) is 4.69. The van der Waals surface area contributed by atoms with Gasteiger partial charge in [-0.2, -0.15) is 0 Å². The van der Waals surface area contributed by atoms with Crippen molar-refractivity contribution in [2.75, 3.05) is 6.16 Å². The van der Waals surface area contributed by atoms with Crippen molar-refractivity contribution in [3.05, 3.63) is 72.3 Å². The first-order valence-electron chi connectivity index (χ1n) is 8.75. The Morgan fingerprint density at radius 3 is 2.28 bits per heavy atom. The summed E-state index contributed by atoms with van der Waals surface area (Å²) in [4.78, 5) is 2.02. The molecule has 0 spiro atoms. The molecule has 1 heterocycles. The molecule has 0 N–H and O–H groups in total. The predicted octanol–water partition coefficient (Wildman–Crippen LogP) is 4.85. The minimum atomic E-state index is -1.09. The number of rotatable bonds is 3. The molecule has 0 saturated carbocycles. The van der Waals surface area contributed by atoms with Crippen molar-refractivity contribution in [3.8, 4) is 11.1 Å². The Morgan fingerprint density at radius 2 is 1.56 bits per heavy atom. The van der Waals surface area contributed by atoms with Crippen LogP contribution < -0.4 is 10.6 Å². The van der Waals surface area contributed by atoms with E-state index in [1.807, 2.05) is 12.1 Å². The molecule has 126 valence electrons. The van der Waals surface area contributed by atoms with Gasteiger partial charge in [-0.3, -0.25) is 0 Å². The summed E-state index contributed by atoms with van der Waals surface area (Å²) in [5.41, 5.74) is 3.91. The van der Waals surface area contributed by atoms with Crippen LogP contribution in [0.5, 0.6) is 0 Å². The first-order valence-corrected chi connectivity index (χ1v) is 11.4. The van der Waals surface area contributed by atoms with Gasteiger partial charge < -0.3 is 4.55 Å². The normalized spacial score (nSPS) is 18.5. The van der Waals surface area contributed by atoms with Crippen molar-refractivity contribution in [3.63, 3.8) is 0 Å². The van der Waals surface area contributed by atoms with Crippen molar-refractivity contribution in [2.24, 2.45) is 0 Å². The first-order chi connectivity index (χ1) is 12.3. The lowest BCUT2D eigenvalue weighted by Gasteiger charge is -2.31. The maximum atomic E-state index is 13.3. The maximum Gasteiger partial charge on any atom is 0.167 e. The molecule has 3 aromatic rings. The molecule has 4 rings (SSSR count). The predicted molar refractivity (Wildman–Crippen MR) is 109 cm³/mol. The third kappa shape index (κ3) is 2.73. The zero-order valence-corrected chi connectivity index (χ0v) is 16.2. The van der Waals surface area contributed by atoms with Crippen LogP contribution in [-0.2, 0) is 17.6 Å². The Hall–Kier alpha value is -1.60. The molecule has 2 atom stereocenters. The highest BCUT2D eigenvalue weighted by Gasteiger charge is 2.36. The maximum absolute atomic E-state index is 13.3. The molecule has 1 aliphatic rings. The van der Waals surface area contributed by atoms with Gasteiger partial charge in [0.1, 0.15) is 0 Å². The molecule has 0 radical (unpaired) electrons. The van der Waals surface area contributed by atoms with E-state index in [0.29, 0.717) is 0 Å². The van der Waals surface area contributed by atoms with Gasteiger partial charge in [0.15, 0.2) is 9.79 Å². The van der Waals surface area contributed by atoms with Crippen LogP contribution in [0.3, 0.4) is 0 Å². The van der Waals surface area contributed by atoms with E-state index in [1.165, 1.54) is 27.3 Å². The van der Waals surface area contributed by atoms with E-state index in [4.69, 9.17) is 0 Å². The van der Waals surface area contributed by atoms with Crippen molar-refractivity contribution < 1.29 is 4.55 Å². The summed E-state index contributed by atoms with van der Waals surface area (Å²) >= 11 is -1.09. The van der Waals surface area contributed by atoms with Crippen molar-refractivity contribution in [1.29, 1.82) is 0 Å². The van der Waals surface area contributed by atoms with Crippen LogP contribution in [0, 0.1) is 0 Å². The number of hydrogen-bond acceptors (Lipinski definition) is 1. The third-order valence-electron chi connectivity index (χ3n) is 4.81. The summed E-state index contributed by atoms with van der Waals surface area (Å²) in [6, 6.07) is 23.2. The zero-order chi connectivity index (χ0) is 17.4. The van der Waals surface area contributed by atoms with Gasteiger partial charge in [0, 0.05) is 21.8 Å². The summed E-state index contributed by atoms with van der Waals surface area (Å²) < 4.78 is 13.3. The van der Waals surface area contributed by atoms with E-state index in [-0.39, 0.29) is 0 Å². The van der Waals surface area contributed by atoms with Crippen LogP contribution in [0.15, 0.2) is 76.5 Å². The Morgan fingerprint density at radius 1 is 0.840 bits per heavy atom. The standard InChI is InChI=1S/C22H21OPS/c1-3-16-14-15-20-22(21(16)17-10-6-5-7-11-17)24(4-2)18-12-8-9-13-19(18)25(20)23/h5-15H,3-4H2,1-2H3. The fourth-order valence-electron chi connectivity index (χ4n) is 3.66. The fraction of sp³-hybridized carbons (Fsp3) is 0.182.